The number of benzene rings is 2. The lowest BCUT2D eigenvalue weighted by atomic mass is 9.96. The normalized spacial score (nSPS) is 15.8. The van der Waals surface area contributed by atoms with Crippen LogP contribution in [0.3, 0.4) is 0 Å². The van der Waals surface area contributed by atoms with Gasteiger partial charge < -0.3 is 4.90 Å². The molecule has 1 saturated heterocycles. The molecule has 1 aliphatic rings. The van der Waals surface area contributed by atoms with Crippen molar-refractivity contribution in [3.8, 4) is 0 Å². The summed E-state index contributed by atoms with van der Waals surface area (Å²) in [4.78, 5) is 5.04. The molecule has 0 radical (unpaired) electrons. The summed E-state index contributed by atoms with van der Waals surface area (Å²) >= 11 is 6.00. The van der Waals surface area contributed by atoms with E-state index in [2.05, 4.69) is 60.9 Å². The SMILES string of the molecule is CCc1ccc(C(C)C)cc1CN1CCN(c2ccc(Cl)cc2)CC1. The molecule has 2 nitrogen and oxygen atoms in total. The molecule has 1 heterocycles. The molecule has 0 spiro atoms. The molecule has 0 N–H and O–H groups in total. The average Bonchev–Trinajstić information content (AvgIpc) is 2.63. The second kappa shape index (κ2) is 8.25. The molecule has 2 aromatic rings. The summed E-state index contributed by atoms with van der Waals surface area (Å²) in [5.74, 6) is 0.589. The number of hydrogen-bond acceptors (Lipinski definition) is 2. The molecule has 0 saturated carbocycles. The van der Waals surface area contributed by atoms with Crippen molar-refractivity contribution < 1.29 is 0 Å². The Morgan fingerprint density at radius 2 is 1.60 bits per heavy atom. The minimum Gasteiger partial charge on any atom is -0.369 e. The fourth-order valence-electron chi connectivity index (χ4n) is 3.55. The molecule has 1 aliphatic heterocycles. The van der Waals surface area contributed by atoms with Gasteiger partial charge in [-0.15, -0.1) is 0 Å². The Bertz CT molecular complexity index is 686. The summed E-state index contributed by atoms with van der Waals surface area (Å²) in [7, 11) is 0. The third kappa shape index (κ3) is 4.56. The van der Waals surface area contributed by atoms with Gasteiger partial charge in [-0.3, -0.25) is 4.90 Å². The number of aryl methyl sites for hydroxylation is 1. The predicted molar refractivity (Wildman–Crippen MR) is 109 cm³/mol. The van der Waals surface area contributed by atoms with Crippen LogP contribution in [0.15, 0.2) is 42.5 Å². The summed E-state index contributed by atoms with van der Waals surface area (Å²) < 4.78 is 0. The molecule has 2 aromatic carbocycles. The number of rotatable bonds is 5. The standard InChI is InChI=1S/C22H29ClN2/c1-4-18-5-6-19(17(2)3)15-20(18)16-24-11-13-25(14-12-24)22-9-7-21(23)8-10-22/h5-10,15,17H,4,11-14,16H2,1-3H3. The molecule has 1 fully saturated rings. The number of piperazine rings is 1. The minimum absolute atomic E-state index is 0.589. The van der Waals surface area contributed by atoms with E-state index in [1.807, 2.05) is 12.1 Å². The Balaban J connectivity index is 1.64. The maximum absolute atomic E-state index is 6.00. The van der Waals surface area contributed by atoms with Crippen LogP contribution in [0.1, 0.15) is 43.4 Å². The first kappa shape index (κ1) is 18.3. The number of halogens is 1. The molecule has 0 unspecified atom stereocenters. The minimum atomic E-state index is 0.589. The van der Waals surface area contributed by atoms with E-state index in [1.54, 1.807) is 0 Å². The van der Waals surface area contributed by atoms with Crippen molar-refractivity contribution in [1.82, 2.24) is 4.90 Å². The van der Waals surface area contributed by atoms with Crippen LogP contribution in [0, 0.1) is 0 Å². The van der Waals surface area contributed by atoms with E-state index >= 15 is 0 Å². The summed E-state index contributed by atoms with van der Waals surface area (Å²) in [6.45, 7) is 12.2. The maximum atomic E-state index is 6.00. The van der Waals surface area contributed by atoms with Crippen LogP contribution in [0.2, 0.25) is 5.02 Å². The highest BCUT2D eigenvalue weighted by Gasteiger charge is 2.18. The molecule has 134 valence electrons. The van der Waals surface area contributed by atoms with Gasteiger partial charge in [0, 0.05) is 43.4 Å². The van der Waals surface area contributed by atoms with E-state index in [4.69, 9.17) is 11.6 Å². The van der Waals surface area contributed by atoms with Gasteiger partial charge in [0.05, 0.1) is 0 Å². The summed E-state index contributed by atoms with van der Waals surface area (Å²) in [5, 5.41) is 0.805. The van der Waals surface area contributed by atoms with Gasteiger partial charge in [0.15, 0.2) is 0 Å². The monoisotopic (exact) mass is 356 g/mol. The summed E-state index contributed by atoms with van der Waals surface area (Å²) in [6.07, 6.45) is 1.11. The number of hydrogen-bond donors (Lipinski definition) is 0. The van der Waals surface area contributed by atoms with Crippen LogP contribution in [0.4, 0.5) is 5.69 Å². The Morgan fingerprint density at radius 3 is 2.20 bits per heavy atom. The van der Waals surface area contributed by atoms with Gasteiger partial charge in [-0.05, 0) is 53.3 Å². The van der Waals surface area contributed by atoms with Crippen LogP contribution in [0.25, 0.3) is 0 Å². The van der Waals surface area contributed by atoms with Crippen molar-refractivity contribution in [2.45, 2.75) is 39.7 Å². The van der Waals surface area contributed by atoms with Gasteiger partial charge in [-0.1, -0.05) is 50.6 Å². The second-order valence-electron chi connectivity index (χ2n) is 7.28. The third-order valence-corrected chi connectivity index (χ3v) is 5.49. The van der Waals surface area contributed by atoms with Crippen LogP contribution < -0.4 is 4.90 Å². The van der Waals surface area contributed by atoms with E-state index in [0.717, 1.165) is 44.2 Å². The van der Waals surface area contributed by atoms with Crippen LogP contribution in [-0.4, -0.2) is 31.1 Å². The van der Waals surface area contributed by atoms with Crippen molar-refractivity contribution in [1.29, 1.82) is 0 Å². The van der Waals surface area contributed by atoms with Gasteiger partial charge in [0.2, 0.25) is 0 Å². The Labute approximate surface area is 157 Å². The van der Waals surface area contributed by atoms with Gasteiger partial charge in [0.1, 0.15) is 0 Å². The van der Waals surface area contributed by atoms with Crippen LogP contribution >= 0.6 is 11.6 Å². The highest BCUT2D eigenvalue weighted by atomic mass is 35.5. The van der Waals surface area contributed by atoms with Crippen molar-refractivity contribution in [2.24, 2.45) is 0 Å². The fraction of sp³-hybridized carbons (Fsp3) is 0.455. The first-order valence-corrected chi connectivity index (χ1v) is 9.79. The molecule has 0 bridgehead atoms. The van der Waals surface area contributed by atoms with E-state index < -0.39 is 0 Å². The second-order valence-corrected chi connectivity index (χ2v) is 7.71. The lowest BCUT2D eigenvalue weighted by Crippen LogP contribution is -2.46. The van der Waals surface area contributed by atoms with E-state index in [1.165, 1.54) is 22.4 Å². The molecule has 3 heteroatoms. The quantitative estimate of drug-likeness (QED) is 0.712. The molecular weight excluding hydrogens is 328 g/mol. The Morgan fingerprint density at radius 1 is 0.920 bits per heavy atom. The fourth-order valence-corrected chi connectivity index (χ4v) is 3.68. The topological polar surface area (TPSA) is 6.48 Å². The molecule has 0 aliphatic carbocycles. The van der Waals surface area contributed by atoms with Crippen molar-refractivity contribution in [3.05, 3.63) is 64.2 Å². The maximum Gasteiger partial charge on any atom is 0.0407 e. The molecular formula is C22H29ClN2. The zero-order valence-electron chi connectivity index (χ0n) is 15.6. The smallest absolute Gasteiger partial charge is 0.0407 e. The summed E-state index contributed by atoms with van der Waals surface area (Å²) in [5.41, 5.74) is 5.73. The van der Waals surface area contributed by atoms with Crippen LogP contribution in [0.5, 0.6) is 0 Å². The molecule has 3 rings (SSSR count). The lowest BCUT2D eigenvalue weighted by molar-refractivity contribution is 0.249. The van der Waals surface area contributed by atoms with Crippen LogP contribution in [-0.2, 0) is 13.0 Å². The van der Waals surface area contributed by atoms with E-state index in [0.29, 0.717) is 5.92 Å². The van der Waals surface area contributed by atoms with Gasteiger partial charge in [0.25, 0.3) is 0 Å². The van der Waals surface area contributed by atoms with Crippen molar-refractivity contribution in [3.63, 3.8) is 0 Å². The average molecular weight is 357 g/mol. The largest absolute Gasteiger partial charge is 0.369 e. The third-order valence-electron chi connectivity index (χ3n) is 5.24. The Kier molecular flexibility index (Phi) is 6.03. The Hall–Kier alpha value is -1.51. The highest BCUT2D eigenvalue weighted by molar-refractivity contribution is 6.30. The summed E-state index contributed by atoms with van der Waals surface area (Å²) in [6, 6.07) is 15.3. The predicted octanol–water partition coefficient (Wildman–Crippen LogP) is 5.35. The molecule has 25 heavy (non-hydrogen) atoms. The van der Waals surface area contributed by atoms with E-state index in [-0.39, 0.29) is 0 Å². The first-order chi connectivity index (χ1) is 12.1. The van der Waals surface area contributed by atoms with E-state index in [9.17, 15) is 0 Å². The zero-order chi connectivity index (χ0) is 17.8. The molecule has 0 amide bonds. The number of anilines is 1. The highest BCUT2D eigenvalue weighted by Crippen LogP contribution is 2.23. The van der Waals surface area contributed by atoms with Crippen molar-refractivity contribution >= 4 is 17.3 Å². The zero-order valence-corrected chi connectivity index (χ0v) is 16.4. The first-order valence-electron chi connectivity index (χ1n) is 9.41. The van der Waals surface area contributed by atoms with Crippen molar-refractivity contribution in [2.75, 3.05) is 31.1 Å². The van der Waals surface area contributed by atoms with Gasteiger partial charge >= 0.3 is 0 Å². The lowest BCUT2D eigenvalue weighted by Gasteiger charge is -2.36. The van der Waals surface area contributed by atoms with Gasteiger partial charge in [-0.25, -0.2) is 0 Å². The number of nitrogens with zero attached hydrogens (tertiary/aromatic N) is 2. The molecule has 0 aromatic heterocycles. The van der Waals surface area contributed by atoms with Gasteiger partial charge in [-0.2, -0.15) is 0 Å². The molecule has 0 atom stereocenters.